The van der Waals surface area contributed by atoms with Crippen LogP contribution in [-0.4, -0.2) is 53.0 Å². The molecule has 0 N–H and O–H groups in total. The molecular weight excluding hydrogens is 470 g/mol. The number of piperazine rings is 1. The number of para-hydroxylation sites is 1. The van der Waals surface area contributed by atoms with Gasteiger partial charge in [0, 0.05) is 67.7 Å². The zero-order chi connectivity index (χ0) is 25.1. The van der Waals surface area contributed by atoms with Crippen molar-refractivity contribution in [1.82, 2.24) is 14.4 Å². The molecule has 1 fully saturated rings. The molecule has 1 aliphatic rings. The molecule has 1 aliphatic heterocycles. The molecule has 1 atom stereocenters. The average molecular weight is 502 g/mol. The molecule has 36 heavy (non-hydrogen) atoms. The minimum Gasteiger partial charge on any atom is -0.457 e. The van der Waals surface area contributed by atoms with E-state index in [1.54, 1.807) is 0 Å². The van der Waals surface area contributed by atoms with Crippen LogP contribution < -0.4 is 4.74 Å². The Labute approximate surface area is 217 Å². The molecule has 1 unspecified atom stereocenters. The monoisotopic (exact) mass is 501 g/mol. The molecule has 0 bridgehead atoms. The predicted molar refractivity (Wildman–Crippen MR) is 146 cm³/mol. The van der Waals surface area contributed by atoms with E-state index in [0.717, 1.165) is 60.9 Å². The summed E-state index contributed by atoms with van der Waals surface area (Å²) in [5, 5.41) is 1.85. The summed E-state index contributed by atoms with van der Waals surface area (Å²) in [4.78, 5) is 18.0. The Bertz CT molecular complexity index is 1340. The van der Waals surface area contributed by atoms with Crippen LogP contribution in [0.1, 0.15) is 30.4 Å². The molecule has 0 radical (unpaired) electrons. The van der Waals surface area contributed by atoms with Crippen molar-refractivity contribution in [2.45, 2.75) is 19.3 Å². The third-order valence-corrected chi connectivity index (χ3v) is 7.42. The maximum Gasteiger partial charge on any atom is 0.223 e. The number of ether oxygens (including phenoxy) is 1. The normalized spacial score (nSPS) is 15.2. The van der Waals surface area contributed by atoms with E-state index in [4.69, 9.17) is 16.3 Å². The second-order valence-corrected chi connectivity index (χ2v) is 9.85. The number of halogens is 1. The summed E-state index contributed by atoms with van der Waals surface area (Å²) in [5.41, 5.74) is 3.39. The SMILES string of the molecule is CCN1CCN(C(=O)CC(c2cccc(Oc3ccc(Cl)cc3)c2)c2cn(C)c3ccccc23)CC1. The topological polar surface area (TPSA) is 37.7 Å². The number of hydrogen-bond donors (Lipinski definition) is 0. The number of likely N-dealkylation sites (N-methyl/N-ethyl adjacent to an activating group) is 1. The van der Waals surface area contributed by atoms with Gasteiger partial charge in [0.25, 0.3) is 0 Å². The number of rotatable bonds is 7. The fraction of sp³-hybridized carbons (Fsp3) is 0.300. The molecule has 2 heterocycles. The van der Waals surface area contributed by atoms with E-state index >= 15 is 0 Å². The quantitative estimate of drug-likeness (QED) is 0.298. The summed E-state index contributed by atoms with van der Waals surface area (Å²) in [6.45, 7) is 6.65. The lowest BCUT2D eigenvalue weighted by Gasteiger charge is -2.35. The van der Waals surface area contributed by atoms with Gasteiger partial charge in [0.2, 0.25) is 5.91 Å². The number of hydrogen-bond acceptors (Lipinski definition) is 3. The molecule has 0 aliphatic carbocycles. The fourth-order valence-corrected chi connectivity index (χ4v) is 5.23. The van der Waals surface area contributed by atoms with Crippen LogP contribution in [0.5, 0.6) is 11.5 Å². The first-order chi connectivity index (χ1) is 17.5. The van der Waals surface area contributed by atoms with E-state index in [9.17, 15) is 4.79 Å². The second-order valence-electron chi connectivity index (χ2n) is 9.41. The van der Waals surface area contributed by atoms with Crippen LogP contribution in [0.3, 0.4) is 0 Å². The molecule has 0 spiro atoms. The molecule has 1 amide bonds. The van der Waals surface area contributed by atoms with Gasteiger partial charge in [0.15, 0.2) is 0 Å². The predicted octanol–water partition coefficient (Wildman–Crippen LogP) is 6.31. The highest BCUT2D eigenvalue weighted by molar-refractivity contribution is 6.30. The summed E-state index contributed by atoms with van der Waals surface area (Å²) < 4.78 is 8.28. The minimum absolute atomic E-state index is 0.0819. The van der Waals surface area contributed by atoms with Crippen molar-refractivity contribution >= 4 is 28.4 Å². The van der Waals surface area contributed by atoms with Gasteiger partial charge in [-0.2, -0.15) is 0 Å². The van der Waals surface area contributed by atoms with E-state index in [0.29, 0.717) is 11.4 Å². The van der Waals surface area contributed by atoms with Crippen molar-refractivity contribution in [3.8, 4) is 11.5 Å². The lowest BCUT2D eigenvalue weighted by atomic mass is 9.87. The van der Waals surface area contributed by atoms with Crippen LogP contribution in [0.2, 0.25) is 5.02 Å². The summed E-state index contributed by atoms with van der Waals surface area (Å²) in [5.74, 6) is 1.58. The van der Waals surface area contributed by atoms with Gasteiger partial charge in [-0.15, -0.1) is 0 Å². The zero-order valence-corrected chi connectivity index (χ0v) is 21.6. The van der Waals surface area contributed by atoms with Crippen molar-refractivity contribution < 1.29 is 9.53 Å². The van der Waals surface area contributed by atoms with Gasteiger partial charge in [0.1, 0.15) is 11.5 Å². The molecule has 3 aromatic carbocycles. The van der Waals surface area contributed by atoms with Gasteiger partial charge in [-0.3, -0.25) is 4.79 Å². The number of carbonyl (C=O) groups is 1. The third kappa shape index (κ3) is 5.28. The van der Waals surface area contributed by atoms with E-state index in [1.165, 1.54) is 5.39 Å². The highest BCUT2D eigenvalue weighted by atomic mass is 35.5. The van der Waals surface area contributed by atoms with E-state index in [2.05, 4.69) is 66.0 Å². The van der Waals surface area contributed by atoms with Crippen molar-refractivity contribution in [2.24, 2.45) is 7.05 Å². The summed E-state index contributed by atoms with van der Waals surface area (Å²) in [7, 11) is 2.06. The van der Waals surface area contributed by atoms with E-state index in [1.807, 2.05) is 41.3 Å². The standard InChI is InChI=1S/C30H32ClN3O2/c1-3-33-15-17-34(18-16-33)30(35)20-27(28-21-32(2)29-10-5-4-9-26(28)29)22-7-6-8-25(19-22)36-24-13-11-23(31)12-14-24/h4-14,19,21,27H,3,15-18,20H2,1-2H3. The number of amides is 1. The number of fused-ring (bicyclic) bond motifs is 1. The highest BCUT2D eigenvalue weighted by Crippen LogP contribution is 2.37. The van der Waals surface area contributed by atoms with Crippen LogP contribution in [0.15, 0.2) is 79.0 Å². The molecule has 4 aromatic rings. The van der Waals surface area contributed by atoms with Gasteiger partial charge in [-0.1, -0.05) is 48.9 Å². The molecule has 5 rings (SSSR count). The fourth-order valence-electron chi connectivity index (χ4n) is 5.11. The molecular formula is C30H32ClN3O2. The number of aryl methyl sites for hydroxylation is 1. The van der Waals surface area contributed by atoms with E-state index in [-0.39, 0.29) is 11.8 Å². The Morgan fingerprint density at radius 2 is 1.69 bits per heavy atom. The molecule has 1 saturated heterocycles. The molecule has 6 heteroatoms. The van der Waals surface area contributed by atoms with Gasteiger partial charge < -0.3 is 19.1 Å². The van der Waals surface area contributed by atoms with Gasteiger partial charge >= 0.3 is 0 Å². The maximum atomic E-state index is 13.6. The second kappa shape index (κ2) is 10.8. The Balaban J connectivity index is 1.47. The van der Waals surface area contributed by atoms with E-state index < -0.39 is 0 Å². The Hall–Kier alpha value is -3.28. The number of aromatic nitrogens is 1. The molecule has 1 aromatic heterocycles. The van der Waals surface area contributed by atoms with Crippen LogP contribution in [0.4, 0.5) is 0 Å². The zero-order valence-electron chi connectivity index (χ0n) is 20.9. The summed E-state index contributed by atoms with van der Waals surface area (Å²) >= 11 is 6.03. The Morgan fingerprint density at radius 1 is 0.944 bits per heavy atom. The maximum absolute atomic E-state index is 13.6. The third-order valence-electron chi connectivity index (χ3n) is 7.16. The van der Waals surface area contributed by atoms with Crippen molar-refractivity contribution in [3.05, 3.63) is 95.1 Å². The smallest absolute Gasteiger partial charge is 0.223 e. The lowest BCUT2D eigenvalue weighted by Crippen LogP contribution is -2.48. The van der Waals surface area contributed by atoms with Gasteiger partial charge in [-0.25, -0.2) is 0 Å². The molecule has 186 valence electrons. The van der Waals surface area contributed by atoms with Crippen LogP contribution in [0, 0.1) is 0 Å². The van der Waals surface area contributed by atoms with Crippen molar-refractivity contribution in [2.75, 3.05) is 32.7 Å². The number of carbonyl (C=O) groups excluding carboxylic acids is 1. The van der Waals surface area contributed by atoms with Crippen LogP contribution in [-0.2, 0) is 11.8 Å². The summed E-state index contributed by atoms with van der Waals surface area (Å²) in [6.07, 6.45) is 2.59. The Kier molecular flexibility index (Phi) is 7.30. The minimum atomic E-state index is -0.0819. The average Bonchev–Trinajstić information content (AvgIpc) is 3.25. The van der Waals surface area contributed by atoms with Gasteiger partial charge in [0.05, 0.1) is 0 Å². The molecule has 5 nitrogen and oxygen atoms in total. The van der Waals surface area contributed by atoms with Crippen LogP contribution in [0.25, 0.3) is 10.9 Å². The highest BCUT2D eigenvalue weighted by Gasteiger charge is 2.27. The first kappa shape index (κ1) is 24.4. The lowest BCUT2D eigenvalue weighted by molar-refractivity contribution is -0.133. The van der Waals surface area contributed by atoms with Crippen LogP contribution >= 0.6 is 11.6 Å². The first-order valence-corrected chi connectivity index (χ1v) is 13.0. The summed E-state index contributed by atoms with van der Waals surface area (Å²) in [6, 6.07) is 23.9. The van der Waals surface area contributed by atoms with Crippen molar-refractivity contribution in [1.29, 1.82) is 0 Å². The largest absolute Gasteiger partial charge is 0.457 e. The Morgan fingerprint density at radius 3 is 2.44 bits per heavy atom. The number of nitrogens with zero attached hydrogens (tertiary/aromatic N) is 3. The molecule has 0 saturated carbocycles. The van der Waals surface area contributed by atoms with Gasteiger partial charge in [-0.05, 0) is 60.1 Å². The number of benzene rings is 3. The first-order valence-electron chi connectivity index (χ1n) is 12.6. The van der Waals surface area contributed by atoms with Crippen molar-refractivity contribution in [3.63, 3.8) is 0 Å².